The fourth-order valence-electron chi connectivity index (χ4n) is 3.15. The number of rotatable bonds is 4. The second-order valence-corrected chi connectivity index (χ2v) is 8.69. The van der Waals surface area contributed by atoms with Crippen LogP contribution in [0, 0.1) is 0 Å². The molecule has 2 nitrogen and oxygen atoms in total. The van der Waals surface area contributed by atoms with Gasteiger partial charge in [0.1, 0.15) is 5.41 Å². The third-order valence-electron chi connectivity index (χ3n) is 4.73. The average Bonchev–Trinajstić information content (AvgIpc) is 2.65. The quantitative estimate of drug-likeness (QED) is 0.379. The number of cyclic esters (lactones) is 1. The van der Waals surface area contributed by atoms with Gasteiger partial charge in [-0.1, -0.05) is 73.5 Å². The number of ether oxygens (including phenoxy) is 1. The van der Waals surface area contributed by atoms with Crippen LogP contribution in [0.5, 0.6) is 0 Å². The number of hydrogen-bond acceptors (Lipinski definition) is 4. The Morgan fingerprint density at radius 3 is 2.07 bits per heavy atom. The lowest BCUT2D eigenvalue weighted by atomic mass is 9.79. The molecule has 6 heteroatoms. The molecular weight excluding hydrogens is 419 g/mol. The predicted octanol–water partition coefficient (Wildman–Crippen LogP) is 7.04. The van der Waals surface area contributed by atoms with Crippen molar-refractivity contribution in [3.63, 3.8) is 0 Å². The van der Waals surface area contributed by atoms with E-state index in [2.05, 4.69) is 0 Å². The van der Waals surface area contributed by atoms with E-state index >= 15 is 0 Å². The van der Waals surface area contributed by atoms with Crippen LogP contribution < -0.4 is 0 Å². The number of carbonyl (C=O) groups excluding carboxylic acids is 1. The Hall–Kier alpha value is -1.33. The number of halogens is 2. The van der Waals surface area contributed by atoms with Gasteiger partial charge in [0.25, 0.3) is 0 Å². The maximum absolute atomic E-state index is 13.1. The van der Waals surface area contributed by atoms with Crippen LogP contribution in [0.4, 0.5) is 0 Å². The molecule has 2 aromatic carbocycles. The second-order valence-electron chi connectivity index (χ2n) is 6.17. The summed E-state index contributed by atoms with van der Waals surface area (Å²) in [6, 6.07) is 14.7. The zero-order chi connectivity index (χ0) is 19.6. The molecule has 0 amide bonds. The Morgan fingerprint density at radius 1 is 1.04 bits per heavy atom. The molecule has 0 bridgehead atoms. The van der Waals surface area contributed by atoms with Crippen LogP contribution in [-0.4, -0.2) is 10.2 Å². The Labute approximate surface area is 178 Å². The molecule has 0 aliphatic carbocycles. The molecule has 0 unspecified atom stereocenters. The summed E-state index contributed by atoms with van der Waals surface area (Å²) in [6.07, 6.45) is 1.23. The highest BCUT2D eigenvalue weighted by molar-refractivity contribution is 8.26. The third-order valence-corrected chi connectivity index (χ3v) is 6.88. The highest BCUT2D eigenvalue weighted by atomic mass is 35.5. The first-order valence-corrected chi connectivity index (χ1v) is 10.6. The molecule has 0 N–H and O–H groups in total. The van der Waals surface area contributed by atoms with E-state index in [4.69, 9.17) is 40.2 Å². The van der Waals surface area contributed by atoms with Crippen LogP contribution in [-0.2, 0) is 14.9 Å². The zero-order valence-electron chi connectivity index (χ0n) is 14.9. The number of hydrogen-bond donors (Lipinski definition) is 0. The summed E-state index contributed by atoms with van der Waals surface area (Å²) in [5, 5.41) is 1.83. The van der Waals surface area contributed by atoms with E-state index in [9.17, 15) is 4.79 Å². The molecule has 27 heavy (non-hydrogen) atoms. The van der Waals surface area contributed by atoms with E-state index < -0.39 is 5.41 Å². The number of thioether (sulfide) groups is 1. The van der Waals surface area contributed by atoms with Gasteiger partial charge < -0.3 is 4.74 Å². The first-order chi connectivity index (χ1) is 12.9. The lowest BCUT2D eigenvalue weighted by Gasteiger charge is -2.36. The van der Waals surface area contributed by atoms with Crippen molar-refractivity contribution in [3.05, 3.63) is 74.8 Å². The lowest BCUT2D eigenvalue weighted by Crippen LogP contribution is -2.45. The van der Waals surface area contributed by atoms with E-state index in [1.165, 1.54) is 11.8 Å². The minimum absolute atomic E-state index is 0.342. The molecule has 2 aromatic rings. The number of benzene rings is 2. The van der Waals surface area contributed by atoms with Crippen molar-refractivity contribution in [2.24, 2.45) is 0 Å². The van der Waals surface area contributed by atoms with Crippen LogP contribution in [0.25, 0.3) is 5.57 Å². The van der Waals surface area contributed by atoms with Gasteiger partial charge in [-0.05, 0) is 60.0 Å². The smallest absolute Gasteiger partial charge is 0.328 e. The van der Waals surface area contributed by atoms with Gasteiger partial charge in [0.05, 0.1) is 4.20 Å². The van der Waals surface area contributed by atoms with E-state index in [0.717, 1.165) is 16.7 Å². The summed E-state index contributed by atoms with van der Waals surface area (Å²) in [5.41, 5.74) is 1.76. The zero-order valence-corrected chi connectivity index (χ0v) is 18.1. The van der Waals surface area contributed by atoms with Crippen molar-refractivity contribution in [2.75, 3.05) is 0 Å². The van der Waals surface area contributed by atoms with Gasteiger partial charge in [0.15, 0.2) is 5.09 Å². The molecule has 1 aliphatic heterocycles. The Morgan fingerprint density at radius 2 is 1.59 bits per heavy atom. The van der Waals surface area contributed by atoms with Crippen molar-refractivity contribution < 1.29 is 9.53 Å². The van der Waals surface area contributed by atoms with Crippen molar-refractivity contribution in [1.29, 1.82) is 0 Å². The van der Waals surface area contributed by atoms with Crippen molar-refractivity contribution in [2.45, 2.75) is 32.1 Å². The maximum Gasteiger partial charge on any atom is 0.328 e. The normalized spacial score (nSPS) is 21.8. The molecule has 1 heterocycles. The third kappa shape index (κ3) is 3.81. The van der Waals surface area contributed by atoms with Gasteiger partial charge in [0.2, 0.25) is 0 Å². The van der Waals surface area contributed by atoms with Gasteiger partial charge in [-0.15, -0.1) is 0 Å². The summed E-state index contributed by atoms with van der Waals surface area (Å²) in [5.74, 6) is -0.342. The van der Waals surface area contributed by atoms with Crippen LogP contribution in [0.3, 0.4) is 0 Å². The van der Waals surface area contributed by atoms with Gasteiger partial charge in [-0.25, -0.2) is 0 Å². The van der Waals surface area contributed by atoms with Crippen molar-refractivity contribution >= 4 is 62.9 Å². The molecule has 3 rings (SSSR count). The first kappa shape index (κ1) is 20.4. The minimum Gasteiger partial charge on any atom is -0.418 e. The minimum atomic E-state index is -0.951. The molecule has 1 fully saturated rings. The number of carbonyl (C=O) groups is 1. The standard InChI is InChI=1S/C21H18Cl2O2S2/c1-3-17(13-5-9-15(22)10-6-13)18-25-19(24)21(4-2,20(26)27-18)14-7-11-16(23)12-8-14/h5-12H,3-4H2,1-2H3/b18-17+/t21-/m1/s1. The molecule has 1 saturated heterocycles. The van der Waals surface area contributed by atoms with E-state index in [1.54, 1.807) is 12.1 Å². The van der Waals surface area contributed by atoms with Crippen LogP contribution >= 0.6 is 47.2 Å². The Kier molecular flexibility index (Phi) is 6.32. The van der Waals surface area contributed by atoms with Crippen LogP contribution in [0.2, 0.25) is 10.0 Å². The van der Waals surface area contributed by atoms with Gasteiger partial charge in [-0.2, -0.15) is 0 Å². The maximum atomic E-state index is 13.1. The fourth-order valence-corrected chi connectivity index (χ4v) is 5.17. The van der Waals surface area contributed by atoms with Crippen molar-refractivity contribution in [1.82, 2.24) is 0 Å². The van der Waals surface area contributed by atoms with Crippen LogP contribution in [0.15, 0.2) is 53.6 Å². The second kappa shape index (κ2) is 8.36. The molecule has 1 aliphatic rings. The SMILES string of the molecule is CC/C(=C1/OC(=O)[C@@](CC)(c2ccc(Cl)cc2)C(=S)S1)c1ccc(Cl)cc1. The molecule has 1 atom stereocenters. The van der Waals surface area contributed by atoms with E-state index in [-0.39, 0.29) is 5.97 Å². The summed E-state index contributed by atoms with van der Waals surface area (Å²) in [6.45, 7) is 3.96. The Bertz CT molecular complexity index is 883. The van der Waals surface area contributed by atoms with E-state index in [0.29, 0.717) is 32.2 Å². The van der Waals surface area contributed by atoms with Crippen LogP contribution in [0.1, 0.15) is 37.8 Å². The predicted molar refractivity (Wildman–Crippen MR) is 118 cm³/mol. The molecule has 0 spiro atoms. The summed E-state index contributed by atoms with van der Waals surface area (Å²) in [4.78, 5) is 13.1. The molecule has 140 valence electrons. The van der Waals surface area contributed by atoms with E-state index in [1.807, 2.05) is 50.2 Å². The monoisotopic (exact) mass is 436 g/mol. The first-order valence-electron chi connectivity index (χ1n) is 8.62. The molecular formula is C21H18Cl2O2S2. The Balaban J connectivity index is 2.03. The molecule has 0 aromatic heterocycles. The summed E-state index contributed by atoms with van der Waals surface area (Å²) >= 11 is 19.1. The highest BCUT2D eigenvalue weighted by Crippen LogP contribution is 2.46. The van der Waals surface area contributed by atoms with Gasteiger partial charge >= 0.3 is 5.97 Å². The van der Waals surface area contributed by atoms with Gasteiger partial charge in [-0.3, -0.25) is 4.79 Å². The summed E-state index contributed by atoms with van der Waals surface area (Å²) < 4.78 is 6.43. The largest absolute Gasteiger partial charge is 0.418 e. The van der Waals surface area contributed by atoms with Gasteiger partial charge in [0, 0.05) is 15.6 Å². The topological polar surface area (TPSA) is 26.3 Å². The molecule has 0 saturated carbocycles. The lowest BCUT2D eigenvalue weighted by molar-refractivity contribution is -0.142. The average molecular weight is 437 g/mol. The number of allylic oxidation sites excluding steroid dienone is 1. The van der Waals surface area contributed by atoms with Crippen molar-refractivity contribution in [3.8, 4) is 0 Å². The number of thiocarbonyl (C=S) groups is 1. The number of esters is 1. The summed E-state index contributed by atoms with van der Waals surface area (Å²) in [7, 11) is 0. The fraction of sp³-hybridized carbons (Fsp3) is 0.238. The highest BCUT2D eigenvalue weighted by Gasteiger charge is 2.49. The molecule has 0 radical (unpaired) electrons.